The van der Waals surface area contributed by atoms with Crippen molar-refractivity contribution in [2.75, 3.05) is 0 Å². The Balaban J connectivity index is 2.18. The van der Waals surface area contributed by atoms with Gasteiger partial charge in [0, 0.05) is 22.4 Å². The molecule has 2 rings (SSSR count). The van der Waals surface area contributed by atoms with E-state index < -0.39 is 0 Å². The third kappa shape index (κ3) is 2.96. The first-order valence-electron chi connectivity index (χ1n) is 6.53. The smallest absolute Gasteiger partial charge is 0.143 e. The molecule has 0 saturated carbocycles. The molecular formula is C15H18Cl2O2. The summed E-state index contributed by atoms with van der Waals surface area (Å²) in [5, 5.41) is 1.10. The molecule has 0 bridgehead atoms. The Hall–Kier alpha value is -0.570. The first-order chi connectivity index (χ1) is 8.91. The SMILES string of the molecule is CC1OC(C)C(C(=O)Cc2c(Cl)cccc2Cl)C1C. The van der Waals surface area contributed by atoms with Crippen LogP contribution < -0.4 is 0 Å². The van der Waals surface area contributed by atoms with Crippen LogP contribution in [0.5, 0.6) is 0 Å². The van der Waals surface area contributed by atoms with Gasteiger partial charge >= 0.3 is 0 Å². The number of rotatable bonds is 3. The minimum atomic E-state index is -0.0812. The van der Waals surface area contributed by atoms with E-state index in [2.05, 4.69) is 6.92 Å². The van der Waals surface area contributed by atoms with Gasteiger partial charge in [0.25, 0.3) is 0 Å². The lowest BCUT2D eigenvalue weighted by atomic mass is 9.84. The number of ether oxygens (including phenoxy) is 1. The van der Waals surface area contributed by atoms with E-state index in [4.69, 9.17) is 27.9 Å². The molecule has 4 atom stereocenters. The van der Waals surface area contributed by atoms with Gasteiger partial charge in [0.05, 0.1) is 12.2 Å². The van der Waals surface area contributed by atoms with E-state index >= 15 is 0 Å². The van der Waals surface area contributed by atoms with E-state index in [1.165, 1.54) is 0 Å². The topological polar surface area (TPSA) is 26.3 Å². The first kappa shape index (κ1) is 14.8. The Morgan fingerprint density at radius 1 is 1.16 bits per heavy atom. The van der Waals surface area contributed by atoms with Crippen LogP contribution in [0.15, 0.2) is 18.2 Å². The molecule has 0 amide bonds. The standard InChI is InChI=1S/C15H18Cl2O2/c1-8-9(2)19-10(3)15(8)14(18)7-11-12(16)5-4-6-13(11)17/h4-6,8-10,15H,7H2,1-3H3. The van der Waals surface area contributed by atoms with Gasteiger partial charge in [-0.3, -0.25) is 4.79 Å². The van der Waals surface area contributed by atoms with E-state index in [1.807, 2.05) is 13.8 Å². The number of carbonyl (C=O) groups is 1. The Morgan fingerprint density at radius 3 is 2.21 bits per heavy atom. The lowest BCUT2D eigenvalue weighted by Crippen LogP contribution is -2.28. The third-order valence-electron chi connectivity index (χ3n) is 4.03. The van der Waals surface area contributed by atoms with Crippen LogP contribution in [-0.4, -0.2) is 18.0 Å². The minimum Gasteiger partial charge on any atom is -0.375 e. The van der Waals surface area contributed by atoms with E-state index in [-0.39, 0.29) is 36.2 Å². The highest BCUT2D eigenvalue weighted by atomic mass is 35.5. The van der Waals surface area contributed by atoms with E-state index in [9.17, 15) is 4.79 Å². The van der Waals surface area contributed by atoms with Crippen LogP contribution in [0.3, 0.4) is 0 Å². The Bertz CT molecular complexity index is 467. The van der Waals surface area contributed by atoms with Crippen molar-refractivity contribution in [3.8, 4) is 0 Å². The third-order valence-corrected chi connectivity index (χ3v) is 4.73. The molecule has 19 heavy (non-hydrogen) atoms. The molecule has 0 aromatic heterocycles. The van der Waals surface area contributed by atoms with Gasteiger partial charge in [0.15, 0.2) is 0 Å². The summed E-state index contributed by atoms with van der Waals surface area (Å²) in [6, 6.07) is 5.30. The molecule has 1 heterocycles. The number of Topliss-reactive ketones (excluding diaryl/α,β-unsaturated/α-hetero) is 1. The van der Waals surface area contributed by atoms with Crippen molar-refractivity contribution in [2.45, 2.75) is 39.4 Å². The molecule has 104 valence electrons. The molecule has 4 heteroatoms. The normalized spacial score (nSPS) is 30.6. The fraction of sp³-hybridized carbons (Fsp3) is 0.533. The van der Waals surface area contributed by atoms with Crippen LogP contribution in [-0.2, 0) is 16.0 Å². The molecule has 0 spiro atoms. The fourth-order valence-corrected chi connectivity index (χ4v) is 3.35. The van der Waals surface area contributed by atoms with Crippen molar-refractivity contribution in [1.82, 2.24) is 0 Å². The second-order valence-corrected chi connectivity index (χ2v) is 6.09. The number of benzene rings is 1. The number of halogens is 2. The maximum Gasteiger partial charge on any atom is 0.143 e. The number of hydrogen-bond donors (Lipinski definition) is 0. The molecule has 4 unspecified atom stereocenters. The Morgan fingerprint density at radius 2 is 1.74 bits per heavy atom. The largest absolute Gasteiger partial charge is 0.375 e. The maximum atomic E-state index is 12.5. The van der Waals surface area contributed by atoms with Crippen LogP contribution in [0.2, 0.25) is 10.0 Å². The monoisotopic (exact) mass is 300 g/mol. The van der Waals surface area contributed by atoms with Crippen LogP contribution in [0.1, 0.15) is 26.3 Å². The number of carbonyl (C=O) groups excluding carboxylic acids is 1. The van der Waals surface area contributed by atoms with Gasteiger partial charge in [-0.2, -0.15) is 0 Å². The van der Waals surface area contributed by atoms with Crippen LogP contribution in [0.25, 0.3) is 0 Å². The predicted molar refractivity (Wildman–Crippen MR) is 77.8 cm³/mol. The average molecular weight is 301 g/mol. The molecule has 0 aliphatic carbocycles. The second-order valence-electron chi connectivity index (χ2n) is 5.27. The molecule has 1 aliphatic heterocycles. The Labute approximate surface area is 124 Å². The van der Waals surface area contributed by atoms with Crippen molar-refractivity contribution in [1.29, 1.82) is 0 Å². The van der Waals surface area contributed by atoms with Crippen molar-refractivity contribution in [3.05, 3.63) is 33.8 Å². The quantitative estimate of drug-likeness (QED) is 0.837. The van der Waals surface area contributed by atoms with Crippen LogP contribution in [0, 0.1) is 11.8 Å². The Kier molecular flexibility index (Phi) is 4.54. The molecule has 1 aromatic rings. The summed E-state index contributed by atoms with van der Waals surface area (Å²) < 4.78 is 5.72. The van der Waals surface area contributed by atoms with Gasteiger partial charge in [0.2, 0.25) is 0 Å². The molecule has 1 saturated heterocycles. The summed E-state index contributed by atoms with van der Waals surface area (Å²) in [4.78, 5) is 12.5. The first-order valence-corrected chi connectivity index (χ1v) is 7.28. The minimum absolute atomic E-state index is 0.0428. The summed E-state index contributed by atoms with van der Waals surface area (Å²) in [6.07, 6.45) is 0.345. The highest BCUT2D eigenvalue weighted by Crippen LogP contribution is 2.35. The second kappa shape index (κ2) is 5.82. The average Bonchev–Trinajstić information content (AvgIpc) is 2.58. The molecule has 0 radical (unpaired) electrons. The molecule has 2 nitrogen and oxygen atoms in total. The van der Waals surface area contributed by atoms with Gasteiger partial charge in [-0.25, -0.2) is 0 Å². The van der Waals surface area contributed by atoms with Crippen molar-refractivity contribution in [3.63, 3.8) is 0 Å². The zero-order valence-electron chi connectivity index (χ0n) is 11.3. The zero-order valence-corrected chi connectivity index (χ0v) is 12.8. The van der Waals surface area contributed by atoms with Crippen molar-refractivity contribution < 1.29 is 9.53 Å². The summed E-state index contributed by atoms with van der Waals surface area (Å²) in [5.41, 5.74) is 0.717. The van der Waals surface area contributed by atoms with Crippen molar-refractivity contribution >= 4 is 29.0 Å². The van der Waals surface area contributed by atoms with Gasteiger partial charge in [-0.1, -0.05) is 36.2 Å². The van der Waals surface area contributed by atoms with Crippen LogP contribution in [0.4, 0.5) is 0 Å². The lowest BCUT2D eigenvalue weighted by molar-refractivity contribution is -0.124. The fourth-order valence-electron chi connectivity index (χ4n) is 2.81. The predicted octanol–water partition coefficient (Wildman–Crippen LogP) is 4.16. The lowest BCUT2D eigenvalue weighted by Gasteiger charge is -2.17. The van der Waals surface area contributed by atoms with Gasteiger partial charge in [-0.15, -0.1) is 0 Å². The number of hydrogen-bond acceptors (Lipinski definition) is 2. The van der Waals surface area contributed by atoms with Crippen LogP contribution >= 0.6 is 23.2 Å². The molecular weight excluding hydrogens is 283 g/mol. The summed E-state index contributed by atoms with van der Waals surface area (Å²) in [5.74, 6) is 0.297. The highest BCUT2D eigenvalue weighted by molar-refractivity contribution is 6.36. The van der Waals surface area contributed by atoms with E-state index in [0.29, 0.717) is 10.0 Å². The summed E-state index contributed by atoms with van der Waals surface area (Å²) in [6.45, 7) is 6.03. The van der Waals surface area contributed by atoms with E-state index in [1.54, 1.807) is 18.2 Å². The molecule has 1 fully saturated rings. The zero-order chi connectivity index (χ0) is 14.2. The number of ketones is 1. The maximum absolute atomic E-state index is 12.5. The molecule has 0 N–H and O–H groups in total. The van der Waals surface area contributed by atoms with E-state index in [0.717, 1.165) is 5.56 Å². The summed E-state index contributed by atoms with van der Waals surface area (Å²) in [7, 11) is 0. The molecule has 1 aromatic carbocycles. The van der Waals surface area contributed by atoms with Crippen molar-refractivity contribution in [2.24, 2.45) is 11.8 Å². The van der Waals surface area contributed by atoms with Gasteiger partial charge < -0.3 is 4.74 Å². The van der Waals surface area contributed by atoms with Gasteiger partial charge in [-0.05, 0) is 37.5 Å². The highest BCUT2D eigenvalue weighted by Gasteiger charge is 2.41. The molecule has 1 aliphatic rings. The summed E-state index contributed by atoms with van der Waals surface area (Å²) >= 11 is 12.2. The van der Waals surface area contributed by atoms with Gasteiger partial charge in [0.1, 0.15) is 5.78 Å².